The highest BCUT2D eigenvalue weighted by Gasteiger charge is 2.25. The van der Waals surface area contributed by atoms with Crippen LogP contribution in [0.4, 0.5) is 0 Å². The van der Waals surface area contributed by atoms with Crippen LogP contribution in [0.5, 0.6) is 5.75 Å². The van der Waals surface area contributed by atoms with E-state index in [2.05, 4.69) is 9.97 Å². The molecule has 9 heteroatoms. The van der Waals surface area contributed by atoms with E-state index in [4.69, 9.17) is 10.5 Å². The number of aromatic nitrogens is 3. The third-order valence-corrected chi connectivity index (χ3v) is 4.84. The van der Waals surface area contributed by atoms with Gasteiger partial charge in [0.05, 0.1) is 12.9 Å². The molecule has 0 bridgehead atoms. The number of hydrogen-bond acceptors (Lipinski definition) is 6. The zero-order valence-electron chi connectivity index (χ0n) is 15.9. The van der Waals surface area contributed by atoms with E-state index < -0.39 is 5.91 Å². The minimum atomic E-state index is -0.627. The number of pyridine rings is 1. The lowest BCUT2D eigenvalue weighted by Gasteiger charge is -2.33. The first kappa shape index (κ1) is 19.5. The zero-order chi connectivity index (χ0) is 20.3. The summed E-state index contributed by atoms with van der Waals surface area (Å²) < 4.78 is 7.24. The molecule has 2 amide bonds. The lowest BCUT2D eigenvalue weighted by Crippen LogP contribution is -2.46. The number of amides is 2. The molecule has 3 rings (SSSR count). The smallest absolute Gasteiger partial charge is 0.267 e. The van der Waals surface area contributed by atoms with Gasteiger partial charge in [-0.25, -0.2) is 4.98 Å². The standard InChI is InChI=1S/C19H23N5O4/c1-12-13(2)22-11-24(19(12)27)10-17(25)23-7-3-4-15(9-23)28-14-5-6-21-16(8-14)18(20)26/h5-6,8,11,15H,3-4,7,9-10H2,1-2H3,(H2,20,26). The van der Waals surface area contributed by atoms with E-state index in [1.165, 1.54) is 23.2 Å². The molecule has 0 aromatic carbocycles. The maximum atomic E-state index is 12.7. The van der Waals surface area contributed by atoms with Gasteiger partial charge in [-0.15, -0.1) is 0 Å². The second-order valence-electron chi connectivity index (χ2n) is 6.85. The second-order valence-corrected chi connectivity index (χ2v) is 6.85. The fourth-order valence-electron chi connectivity index (χ4n) is 3.11. The van der Waals surface area contributed by atoms with Crippen molar-refractivity contribution in [1.82, 2.24) is 19.4 Å². The van der Waals surface area contributed by atoms with E-state index in [1.807, 2.05) is 0 Å². The Kier molecular flexibility index (Phi) is 5.72. The van der Waals surface area contributed by atoms with E-state index in [9.17, 15) is 14.4 Å². The minimum Gasteiger partial charge on any atom is -0.488 e. The largest absolute Gasteiger partial charge is 0.488 e. The molecule has 3 heterocycles. The topological polar surface area (TPSA) is 120 Å². The van der Waals surface area contributed by atoms with Crippen molar-refractivity contribution in [3.63, 3.8) is 0 Å². The van der Waals surface area contributed by atoms with Gasteiger partial charge in [0.1, 0.15) is 24.1 Å². The van der Waals surface area contributed by atoms with Crippen molar-refractivity contribution in [2.24, 2.45) is 5.73 Å². The van der Waals surface area contributed by atoms with Crippen LogP contribution < -0.4 is 16.0 Å². The summed E-state index contributed by atoms with van der Waals surface area (Å²) in [4.78, 5) is 45.9. The summed E-state index contributed by atoms with van der Waals surface area (Å²) in [6.45, 7) is 4.42. The number of aryl methyl sites for hydroxylation is 1. The third kappa shape index (κ3) is 4.36. The van der Waals surface area contributed by atoms with Gasteiger partial charge >= 0.3 is 0 Å². The molecule has 2 aromatic rings. The highest BCUT2D eigenvalue weighted by molar-refractivity contribution is 5.91. The lowest BCUT2D eigenvalue weighted by molar-refractivity contribution is -0.134. The van der Waals surface area contributed by atoms with Crippen molar-refractivity contribution >= 4 is 11.8 Å². The second kappa shape index (κ2) is 8.20. The van der Waals surface area contributed by atoms with Crippen LogP contribution in [0.15, 0.2) is 29.5 Å². The Morgan fingerprint density at radius 3 is 2.86 bits per heavy atom. The van der Waals surface area contributed by atoms with Crippen molar-refractivity contribution in [1.29, 1.82) is 0 Å². The van der Waals surface area contributed by atoms with Crippen LogP contribution in [-0.4, -0.2) is 50.4 Å². The average Bonchev–Trinajstić information content (AvgIpc) is 2.69. The van der Waals surface area contributed by atoms with Gasteiger partial charge in [-0.3, -0.25) is 23.9 Å². The summed E-state index contributed by atoms with van der Waals surface area (Å²) in [6.07, 6.45) is 4.21. The van der Waals surface area contributed by atoms with Gasteiger partial charge in [0, 0.05) is 30.1 Å². The number of primary amides is 1. The normalized spacial score (nSPS) is 16.6. The van der Waals surface area contributed by atoms with Crippen LogP contribution in [0, 0.1) is 13.8 Å². The van der Waals surface area contributed by atoms with Crippen LogP contribution in [0.1, 0.15) is 34.6 Å². The fourth-order valence-corrected chi connectivity index (χ4v) is 3.11. The molecule has 1 aliphatic rings. The number of carbonyl (C=O) groups is 2. The highest BCUT2D eigenvalue weighted by atomic mass is 16.5. The number of ether oxygens (including phenoxy) is 1. The van der Waals surface area contributed by atoms with Crippen LogP contribution in [0.2, 0.25) is 0 Å². The van der Waals surface area contributed by atoms with Gasteiger partial charge < -0.3 is 15.4 Å². The van der Waals surface area contributed by atoms with E-state index in [1.54, 1.807) is 24.8 Å². The van der Waals surface area contributed by atoms with Gasteiger partial charge in [-0.05, 0) is 32.8 Å². The molecule has 2 N–H and O–H groups in total. The summed E-state index contributed by atoms with van der Waals surface area (Å²) in [5.41, 5.74) is 6.36. The monoisotopic (exact) mass is 385 g/mol. The number of nitrogens with two attached hydrogens (primary N) is 1. The van der Waals surface area contributed by atoms with Crippen molar-refractivity contribution in [3.05, 3.63) is 52.0 Å². The highest BCUT2D eigenvalue weighted by Crippen LogP contribution is 2.19. The van der Waals surface area contributed by atoms with Gasteiger partial charge in [-0.1, -0.05) is 0 Å². The number of likely N-dealkylation sites (tertiary alicyclic amines) is 1. The molecule has 148 valence electrons. The molecule has 1 unspecified atom stereocenters. The quantitative estimate of drug-likeness (QED) is 0.797. The van der Waals surface area contributed by atoms with Crippen LogP contribution >= 0.6 is 0 Å². The number of piperidine rings is 1. The molecule has 1 fully saturated rings. The fraction of sp³-hybridized carbons (Fsp3) is 0.421. The van der Waals surface area contributed by atoms with Crippen molar-refractivity contribution in [2.45, 2.75) is 39.3 Å². The Morgan fingerprint density at radius 1 is 1.32 bits per heavy atom. The summed E-state index contributed by atoms with van der Waals surface area (Å²) in [6, 6.07) is 3.14. The summed E-state index contributed by atoms with van der Waals surface area (Å²) in [5, 5.41) is 0. The average molecular weight is 385 g/mol. The molecular formula is C19H23N5O4. The molecule has 0 radical (unpaired) electrons. The predicted octanol–water partition coefficient (Wildman–Crippen LogP) is 0.424. The summed E-state index contributed by atoms with van der Waals surface area (Å²) in [5.74, 6) is -0.302. The summed E-state index contributed by atoms with van der Waals surface area (Å²) in [7, 11) is 0. The Bertz CT molecular complexity index is 956. The van der Waals surface area contributed by atoms with Crippen molar-refractivity contribution in [3.8, 4) is 5.75 Å². The van der Waals surface area contributed by atoms with E-state index in [0.29, 0.717) is 30.1 Å². The molecule has 2 aromatic heterocycles. The Morgan fingerprint density at radius 2 is 2.11 bits per heavy atom. The van der Waals surface area contributed by atoms with Crippen LogP contribution in [0.25, 0.3) is 0 Å². The first-order chi connectivity index (χ1) is 13.3. The molecule has 28 heavy (non-hydrogen) atoms. The predicted molar refractivity (Wildman–Crippen MR) is 101 cm³/mol. The SMILES string of the molecule is Cc1ncn(CC(=O)N2CCCC(Oc3ccnc(C(N)=O)c3)C2)c(=O)c1C. The Balaban J connectivity index is 1.65. The van der Waals surface area contributed by atoms with Gasteiger partial charge in [0.2, 0.25) is 5.91 Å². The Labute approximate surface area is 162 Å². The maximum Gasteiger partial charge on any atom is 0.267 e. The van der Waals surface area contributed by atoms with E-state index in [0.717, 1.165) is 12.8 Å². The first-order valence-corrected chi connectivity index (χ1v) is 9.08. The molecule has 0 spiro atoms. The van der Waals surface area contributed by atoms with Crippen LogP contribution in [-0.2, 0) is 11.3 Å². The Hall–Kier alpha value is -3.23. The molecule has 0 saturated carbocycles. The van der Waals surface area contributed by atoms with Gasteiger partial charge in [0.25, 0.3) is 11.5 Å². The molecule has 1 saturated heterocycles. The number of hydrogen-bond donors (Lipinski definition) is 1. The molecule has 0 aliphatic carbocycles. The molecular weight excluding hydrogens is 362 g/mol. The zero-order valence-corrected chi connectivity index (χ0v) is 15.9. The molecule has 1 aliphatic heterocycles. The van der Waals surface area contributed by atoms with E-state index >= 15 is 0 Å². The lowest BCUT2D eigenvalue weighted by atomic mass is 10.1. The molecule has 9 nitrogen and oxygen atoms in total. The van der Waals surface area contributed by atoms with Gasteiger partial charge in [-0.2, -0.15) is 0 Å². The minimum absolute atomic E-state index is 0.0548. The number of carbonyl (C=O) groups excluding carboxylic acids is 2. The number of rotatable bonds is 5. The number of nitrogens with zero attached hydrogens (tertiary/aromatic N) is 4. The molecule has 1 atom stereocenters. The van der Waals surface area contributed by atoms with Crippen molar-refractivity contribution in [2.75, 3.05) is 13.1 Å². The first-order valence-electron chi connectivity index (χ1n) is 9.08. The summed E-state index contributed by atoms with van der Waals surface area (Å²) >= 11 is 0. The maximum absolute atomic E-state index is 12.7. The van der Waals surface area contributed by atoms with Crippen molar-refractivity contribution < 1.29 is 14.3 Å². The van der Waals surface area contributed by atoms with Gasteiger partial charge in [0.15, 0.2) is 0 Å². The van der Waals surface area contributed by atoms with Crippen LogP contribution in [0.3, 0.4) is 0 Å². The van der Waals surface area contributed by atoms with E-state index in [-0.39, 0.29) is 29.8 Å². The third-order valence-electron chi connectivity index (χ3n) is 4.84.